The van der Waals surface area contributed by atoms with Gasteiger partial charge in [0.2, 0.25) is 0 Å². The van der Waals surface area contributed by atoms with Crippen LogP contribution in [0.2, 0.25) is 5.02 Å². The number of esters is 1. The second kappa shape index (κ2) is 8.23. The maximum Gasteiger partial charge on any atom is 0.331 e. The van der Waals surface area contributed by atoms with E-state index in [1.807, 2.05) is 17.5 Å². The molecule has 0 bridgehead atoms. The van der Waals surface area contributed by atoms with Crippen LogP contribution in [0.3, 0.4) is 0 Å². The predicted octanol–water partition coefficient (Wildman–Crippen LogP) is 3.50. The number of amides is 1. The predicted molar refractivity (Wildman–Crippen MR) is 91.0 cm³/mol. The van der Waals surface area contributed by atoms with Gasteiger partial charge in [-0.25, -0.2) is 4.79 Å². The van der Waals surface area contributed by atoms with Crippen molar-refractivity contribution in [1.29, 1.82) is 0 Å². The molecular weight excluding hydrogens is 356 g/mol. The first-order valence-corrected chi connectivity index (χ1v) is 7.83. The number of carbonyl (C=O) groups excluding carboxylic acids is 2. The molecule has 0 radical (unpaired) electrons. The number of ether oxygens (including phenoxy) is 1. The molecular formula is C15H11ClN2O5S. The van der Waals surface area contributed by atoms with Gasteiger partial charge in [-0.1, -0.05) is 17.7 Å². The van der Waals surface area contributed by atoms with E-state index in [4.69, 9.17) is 16.3 Å². The minimum Gasteiger partial charge on any atom is -0.452 e. The van der Waals surface area contributed by atoms with E-state index in [1.165, 1.54) is 35.6 Å². The topological polar surface area (TPSA) is 98.5 Å². The third kappa shape index (κ3) is 5.18. The Morgan fingerprint density at radius 1 is 1.38 bits per heavy atom. The SMILES string of the molecule is O=C(COC(=O)/C=C/c1cccs1)Nc1cc(Cl)ccc1[N+](=O)[O-]. The van der Waals surface area contributed by atoms with Gasteiger partial charge in [0.15, 0.2) is 6.61 Å². The van der Waals surface area contributed by atoms with Gasteiger partial charge >= 0.3 is 5.97 Å². The highest BCUT2D eigenvalue weighted by Crippen LogP contribution is 2.27. The maximum atomic E-state index is 11.8. The highest BCUT2D eigenvalue weighted by atomic mass is 35.5. The van der Waals surface area contributed by atoms with Crippen molar-refractivity contribution in [3.05, 3.63) is 61.8 Å². The van der Waals surface area contributed by atoms with Crippen molar-refractivity contribution >= 4 is 52.3 Å². The fourth-order valence-electron chi connectivity index (χ4n) is 1.67. The number of carbonyl (C=O) groups is 2. The molecule has 1 amide bonds. The Hall–Kier alpha value is -2.71. The quantitative estimate of drug-likeness (QED) is 0.365. The lowest BCUT2D eigenvalue weighted by Crippen LogP contribution is -2.20. The summed E-state index contributed by atoms with van der Waals surface area (Å²) in [5.41, 5.74) is -0.376. The Morgan fingerprint density at radius 2 is 2.17 bits per heavy atom. The number of benzene rings is 1. The molecule has 0 saturated heterocycles. The maximum absolute atomic E-state index is 11.8. The van der Waals surface area contributed by atoms with Crippen molar-refractivity contribution in [2.24, 2.45) is 0 Å². The molecule has 124 valence electrons. The number of nitro groups is 1. The van der Waals surface area contributed by atoms with Crippen molar-refractivity contribution < 1.29 is 19.2 Å². The number of rotatable bonds is 6. The first kappa shape index (κ1) is 17.6. The Kier molecular flexibility index (Phi) is 6.05. The van der Waals surface area contributed by atoms with Crippen LogP contribution >= 0.6 is 22.9 Å². The van der Waals surface area contributed by atoms with Gasteiger partial charge in [-0.15, -0.1) is 11.3 Å². The summed E-state index contributed by atoms with van der Waals surface area (Å²) in [4.78, 5) is 34.4. The summed E-state index contributed by atoms with van der Waals surface area (Å²) in [6.07, 6.45) is 2.76. The average molecular weight is 367 g/mol. The van der Waals surface area contributed by atoms with Crippen molar-refractivity contribution in [1.82, 2.24) is 0 Å². The van der Waals surface area contributed by atoms with Crippen LogP contribution in [0.5, 0.6) is 0 Å². The standard InChI is InChI=1S/C15H11ClN2O5S/c16-10-3-5-13(18(21)22)12(8-10)17-14(19)9-23-15(20)6-4-11-2-1-7-24-11/h1-8H,9H2,(H,17,19)/b6-4+. The lowest BCUT2D eigenvalue weighted by Gasteiger charge is -2.06. The lowest BCUT2D eigenvalue weighted by atomic mass is 10.2. The van der Waals surface area contributed by atoms with Crippen molar-refractivity contribution in [2.75, 3.05) is 11.9 Å². The average Bonchev–Trinajstić information content (AvgIpc) is 3.04. The molecule has 7 nitrogen and oxygen atoms in total. The summed E-state index contributed by atoms with van der Waals surface area (Å²) < 4.78 is 4.77. The van der Waals surface area contributed by atoms with Gasteiger partial charge in [0.05, 0.1) is 4.92 Å². The Labute approximate surface area is 145 Å². The number of hydrogen-bond acceptors (Lipinski definition) is 6. The minimum atomic E-state index is -0.710. The number of halogens is 1. The molecule has 0 atom stereocenters. The smallest absolute Gasteiger partial charge is 0.331 e. The monoisotopic (exact) mass is 366 g/mol. The van der Waals surface area contributed by atoms with E-state index in [1.54, 1.807) is 6.08 Å². The summed E-state index contributed by atoms with van der Waals surface area (Å²) in [7, 11) is 0. The second-order valence-corrected chi connectivity index (χ2v) is 5.84. The molecule has 2 aromatic rings. The summed E-state index contributed by atoms with van der Waals surface area (Å²) in [6, 6.07) is 7.41. The third-order valence-corrected chi connectivity index (χ3v) is 3.77. The largest absolute Gasteiger partial charge is 0.452 e. The van der Waals surface area contributed by atoms with Crippen LogP contribution in [0.4, 0.5) is 11.4 Å². The van der Waals surface area contributed by atoms with Gasteiger partial charge in [-0.2, -0.15) is 0 Å². The van der Waals surface area contributed by atoms with E-state index in [2.05, 4.69) is 5.32 Å². The van der Waals surface area contributed by atoms with Gasteiger partial charge in [-0.05, 0) is 29.7 Å². The van der Waals surface area contributed by atoms with E-state index in [0.29, 0.717) is 0 Å². The molecule has 0 aliphatic rings. The summed E-state index contributed by atoms with van der Waals surface area (Å²) in [5.74, 6) is -1.41. The van der Waals surface area contributed by atoms with Crippen LogP contribution in [-0.2, 0) is 14.3 Å². The van der Waals surface area contributed by atoms with Crippen LogP contribution in [0.25, 0.3) is 6.08 Å². The summed E-state index contributed by atoms with van der Waals surface area (Å²) in [6.45, 7) is -0.572. The molecule has 0 saturated carbocycles. The van der Waals surface area contributed by atoms with E-state index < -0.39 is 23.4 Å². The second-order valence-electron chi connectivity index (χ2n) is 4.42. The normalized spacial score (nSPS) is 10.5. The van der Waals surface area contributed by atoms with Gasteiger partial charge in [0, 0.05) is 22.0 Å². The number of nitro benzene ring substituents is 1. The Bertz CT molecular complexity index is 789. The van der Waals surface area contributed by atoms with Crippen LogP contribution < -0.4 is 5.32 Å². The number of thiophene rings is 1. The zero-order chi connectivity index (χ0) is 17.5. The number of hydrogen-bond donors (Lipinski definition) is 1. The van der Waals surface area contributed by atoms with Crippen LogP contribution in [0.1, 0.15) is 4.88 Å². The van der Waals surface area contributed by atoms with Gasteiger partial charge in [-0.3, -0.25) is 14.9 Å². The molecule has 0 aliphatic heterocycles. The van der Waals surface area contributed by atoms with Crippen LogP contribution in [0.15, 0.2) is 41.8 Å². The first-order valence-electron chi connectivity index (χ1n) is 6.58. The molecule has 1 aromatic heterocycles. The van der Waals surface area contributed by atoms with Crippen molar-refractivity contribution in [2.45, 2.75) is 0 Å². The molecule has 1 heterocycles. The molecule has 0 aliphatic carbocycles. The molecule has 2 rings (SSSR count). The molecule has 24 heavy (non-hydrogen) atoms. The van der Waals surface area contributed by atoms with Gasteiger partial charge in [0.1, 0.15) is 5.69 Å². The van der Waals surface area contributed by atoms with E-state index >= 15 is 0 Å². The van der Waals surface area contributed by atoms with Crippen LogP contribution in [-0.4, -0.2) is 23.4 Å². The minimum absolute atomic E-state index is 0.0670. The van der Waals surface area contributed by atoms with Gasteiger partial charge in [0.25, 0.3) is 11.6 Å². The molecule has 0 fully saturated rings. The molecule has 0 unspecified atom stereocenters. The first-order chi connectivity index (χ1) is 11.5. The van der Waals surface area contributed by atoms with E-state index in [-0.39, 0.29) is 16.4 Å². The highest BCUT2D eigenvalue weighted by Gasteiger charge is 2.16. The zero-order valence-electron chi connectivity index (χ0n) is 12.1. The summed E-state index contributed by atoms with van der Waals surface area (Å²) >= 11 is 7.20. The lowest BCUT2D eigenvalue weighted by molar-refractivity contribution is -0.383. The van der Waals surface area contributed by atoms with Crippen molar-refractivity contribution in [3.8, 4) is 0 Å². The zero-order valence-corrected chi connectivity index (χ0v) is 13.7. The number of nitrogens with zero attached hydrogens (tertiary/aromatic N) is 1. The van der Waals surface area contributed by atoms with Crippen LogP contribution in [0, 0.1) is 10.1 Å². The molecule has 1 aromatic carbocycles. The molecule has 1 N–H and O–H groups in total. The highest BCUT2D eigenvalue weighted by molar-refractivity contribution is 7.10. The fourth-order valence-corrected chi connectivity index (χ4v) is 2.47. The Balaban J connectivity index is 1.91. The third-order valence-electron chi connectivity index (χ3n) is 2.70. The van der Waals surface area contributed by atoms with Gasteiger partial charge < -0.3 is 10.1 Å². The fraction of sp³-hybridized carbons (Fsp3) is 0.0667. The molecule has 0 spiro atoms. The Morgan fingerprint density at radius 3 is 2.83 bits per heavy atom. The summed E-state index contributed by atoms with van der Waals surface area (Å²) in [5, 5.41) is 15.3. The number of nitrogens with one attached hydrogen (secondary N) is 1. The molecule has 9 heteroatoms. The van der Waals surface area contributed by atoms with E-state index in [0.717, 1.165) is 4.88 Å². The van der Waals surface area contributed by atoms with Crippen molar-refractivity contribution in [3.63, 3.8) is 0 Å². The number of anilines is 1. The van der Waals surface area contributed by atoms with E-state index in [9.17, 15) is 19.7 Å².